The van der Waals surface area contributed by atoms with Crippen LogP contribution in [0.4, 0.5) is 9.93 Å². The predicted octanol–water partition coefficient (Wildman–Crippen LogP) is 3.02. The molecule has 0 saturated carbocycles. The Labute approximate surface area is 129 Å². The number of carbonyl (C=O) groups is 2. The lowest BCUT2D eigenvalue weighted by molar-refractivity contribution is -0.119. The summed E-state index contributed by atoms with van der Waals surface area (Å²) in [5.74, 6) is -0.268. The van der Waals surface area contributed by atoms with E-state index in [0.717, 1.165) is 19.3 Å². The molecule has 0 bridgehead atoms. The van der Waals surface area contributed by atoms with E-state index >= 15 is 0 Å². The Bertz CT molecular complexity index is 437. The Balaban J connectivity index is 2.58. The maximum atomic E-state index is 12.3. The number of unbranched alkanes of at least 4 members (excludes halogenated alkanes) is 1. The molecular weight excluding hydrogens is 290 g/mol. The zero-order valence-electron chi connectivity index (χ0n) is 12.7. The summed E-state index contributed by atoms with van der Waals surface area (Å²) >= 11 is 1.34. The highest BCUT2D eigenvalue weighted by Gasteiger charge is 2.27. The summed E-state index contributed by atoms with van der Waals surface area (Å²) in [6.07, 6.45) is 3.60. The summed E-state index contributed by atoms with van der Waals surface area (Å²) in [6.45, 7) is 6.27. The molecule has 0 radical (unpaired) electrons. The molecule has 1 aromatic rings. The first-order valence-corrected chi connectivity index (χ1v) is 8.10. The van der Waals surface area contributed by atoms with Crippen molar-refractivity contribution < 1.29 is 14.3 Å². The van der Waals surface area contributed by atoms with Gasteiger partial charge in [-0.2, -0.15) is 0 Å². The van der Waals surface area contributed by atoms with Crippen molar-refractivity contribution in [3.63, 3.8) is 0 Å². The third-order valence-electron chi connectivity index (χ3n) is 3.16. The number of aromatic nitrogens is 1. The van der Waals surface area contributed by atoms with Gasteiger partial charge in [0.1, 0.15) is 6.04 Å². The lowest BCUT2D eigenvalue weighted by atomic mass is 9.98. The van der Waals surface area contributed by atoms with Gasteiger partial charge < -0.3 is 15.4 Å². The van der Waals surface area contributed by atoms with Gasteiger partial charge in [0, 0.05) is 11.6 Å². The van der Waals surface area contributed by atoms with Crippen LogP contribution in [0.2, 0.25) is 0 Å². The van der Waals surface area contributed by atoms with Crippen molar-refractivity contribution in [1.82, 2.24) is 10.3 Å². The maximum Gasteiger partial charge on any atom is 0.407 e. The number of nitrogens with one attached hydrogen (secondary N) is 2. The van der Waals surface area contributed by atoms with Gasteiger partial charge in [0.25, 0.3) is 0 Å². The Morgan fingerprint density at radius 1 is 1.43 bits per heavy atom. The fourth-order valence-electron chi connectivity index (χ4n) is 1.65. The molecule has 0 fully saturated rings. The summed E-state index contributed by atoms with van der Waals surface area (Å²) < 4.78 is 5.05. The molecule has 6 nitrogen and oxygen atoms in total. The summed E-state index contributed by atoms with van der Waals surface area (Å²) in [6, 6.07) is -0.631. The third-order valence-corrected chi connectivity index (χ3v) is 3.85. The molecule has 21 heavy (non-hydrogen) atoms. The minimum Gasteiger partial charge on any atom is -0.450 e. The predicted molar refractivity (Wildman–Crippen MR) is 83.4 cm³/mol. The van der Waals surface area contributed by atoms with Gasteiger partial charge in [0.2, 0.25) is 5.91 Å². The smallest absolute Gasteiger partial charge is 0.407 e. The second-order valence-electron chi connectivity index (χ2n) is 4.82. The first-order chi connectivity index (χ1) is 10.1. The maximum absolute atomic E-state index is 12.3. The summed E-state index contributed by atoms with van der Waals surface area (Å²) in [5.41, 5.74) is 0. The lowest BCUT2D eigenvalue weighted by Crippen LogP contribution is -2.47. The number of hydrogen-bond donors (Lipinski definition) is 2. The van der Waals surface area contributed by atoms with Crippen molar-refractivity contribution in [3.8, 4) is 0 Å². The summed E-state index contributed by atoms with van der Waals surface area (Å²) in [4.78, 5) is 28.0. The van der Waals surface area contributed by atoms with Gasteiger partial charge in [0.05, 0.1) is 6.61 Å². The number of carbonyl (C=O) groups excluding carboxylic acids is 2. The van der Waals surface area contributed by atoms with E-state index in [4.69, 9.17) is 4.74 Å². The molecule has 2 atom stereocenters. The second kappa shape index (κ2) is 9.33. The van der Waals surface area contributed by atoms with Gasteiger partial charge in [-0.3, -0.25) is 4.79 Å². The van der Waals surface area contributed by atoms with Crippen LogP contribution in [0.1, 0.15) is 40.0 Å². The molecule has 2 amide bonds. The topological polar surface area (TPSA) is 80.3 Å². The van der Waals surface area contributed by atoms with Crippen LogP contribution in [0.3, 0.4) is 0 Å². The van der Waals surface area contributed by atoms with Crippen LogP contribution in [-0.4, -0.2) is 29.6 Å². The number of thiazole rings is 1. The van der Waals surface area contributed by atoms with Crippen molar-refractivity contribution in [2.75, 3.05) is 11.9 Å². The van der Waals surface area contributed by atoms with E-state index in [1.54, 1.807) is 11.6 Å². The highest BCUT2D eigenvalue weighted by atomic mass is 32.1. The SMILES string of the molecule is CCCCOC(=O)NC(C(=O)Nc1nccs1)C(C)CC. The van der Waals surface area contributed by atoms with Crippen molar-refractivity contribution in [1.29, 1.82) is 0 Å². The fraction of sp³-hybridized carbons (Fsp3) is 0.643. The van der Waals surface area contributed by atoms with Gasteiger partial charge in [-0.1, -0.05) is 33.6 Å². The molecule has 1 rings (SSSR count). The molecule has 0 aliphatic rings. The zero-order chi connectivity index (χ0) is 15.7. The number of alkyl carbamates (subject to hydrolysis) is 1. The number of hydrogen-bond acceptors (Lipinski definition) is 5. The Morgan fingerprint density at radius 2 is 2.19 bits per heavy atom. The van der Waals surface area contributed by atoms with E-state index in [9.17, 15) is 9.59 Å². The second-order valence-corrected chi connectivity index (χ2v) is 5.72. The Morgan fingerprint density at radius 3 is 2.76 bits per heavy atom. The average molecular weight is 313 g/mol. The van der Waals surface area contributed by atoms with Gasteiger partial charge in [0.15, 0.2) is 5.13 Å². The molecule has 2 N–H and O–H groups in total. The van der Waals surface area contributed by atoms with Crippen molar-refractivity contribution in [3.05, 3.63) is 11.6 Å². The Hall–Kier alpha value is -1.63. The van der Waals surface area contributed by atoms with Crippen LogP contribution in [0.25, 0.3) is 0 Å². The minimum atomic E-state index is -0.631. The molecular formula is C14H23N3O3S. The van der Waals surface area contributed by atoms with Gasteiger partial charge >= 0.3 is 6.09 Å². The average Bonchev–Trinajstić information content (AvgIpc) is 2.97. The monoisotopic (exact) mass is 313 g/mol. The van der Waals surface area contributed by atoms with Crippen LogP contribution >= 0.6 is 11.3 Å². The largest absolute Gasteiger partial charge is 0.450 e. The van der Waals surface area contributed by atoms with E-state index in [-0.39, 0.29) is 11.8 Å². The molecule has 0 aliphatic heterocycles. The molecule has 2 unspecified atom stereocenters. The van der Waals surface area contributed by atoms with E-state index in [1.165, 1.54) is 11.3 Å². The minimum absolute atomic E-state index is 0.00341. The van der Waals surface area contributed by atoms with Crippen LogP contribution < -0.4 is 10.6 Å². The first-order valence-electron chi connectivity index (χ1n) is 7.22. The quantitative estimate of drug-likeness (QED) is 0.723. The molecule has 7 heteroatoms. The number of nitrogens with zero attached hydrogens (tertiary/aromatic N) is 1. The number of amides is 2. The standard InChI is InChI=1S/C14H23N3O3S/c1-4-6-8-20-14(19)16-11(10(3)5-2)12(18)17-13-15-7-9-21-13/h7,9-11H,4-6,8H2,1-3H3,(H,16,19)(H,15,17,18). The summed E-state index contributed by atoms with van der Waals surface area (Å²) in [5, 5.41) is 7.65. The molecule has 0 saturated heterocycles. The van der Waals surface area contributed by atoms with Crippen molar-refractivity contribution in [2.24, 2.45) is 5.92 Å². The Kier molecular flexibility index (Phi) is 7.74. The highest BCUT2D eigenvalue weighted by molar-refractivity contribution is 7.13. The highest BCUT2D eigenvalue weighted by Crippen LogP contribution is 2.14. The fourth-order valence-corrected chi connectivity index (χ4v) is 2.18. The van der Waals surface area contributed by atoms with Crippen molar-refractivity contribution >= 4 is 28.5 Å². The van der Waals surface area contributed by atoms with Gasteiger partial charge in [-0.25, -0.2) is 9.78 Å². The van der Waals surface area contributed by atoms with Crippen LogP contribution in [0.15, 0.2) is 11.6 Å². The third kappa shape index (κ3) is 6.12. The van der Waals surface area contributed by atoms with E-state index in [2.05, 4.69) is 15.6 Å². The molecule has 1 aromatic heterocycles. The molecule has 0 spiro atoms. The van der Waals surface area contributed by atoms with Crippen LogP contribution in [-0.2, 0) is 9.53 Å². The summed E-state index contributed by atoms with van der Waals surface area (Å²) in [7, 11) is 0. The normalized spacial score (nSPS) is 13.3. The van der Waals surface area contributed by atoms with E-state index in [0.29, 0.717) is 11.7 Å². The number of ether oxygens (including phenoxy) is 1. The van der Waals surface area contributed by atoms with E-state index in [1.807, 2.05) is 20.8 Å². The lowest BCUT2D eigenvalue weighted by Gasteiger charge is -2.22. The molecule has 1 heterocycles. The number of rotatable bonds is 8. The van der Waals surface area contributed by atoms with Crippen LogP contribution in [0, 0.1) is 5.92 Å². The van der Waals surface area contributed by atoms with Gasteiger partial charge in [-0.05, 0) is 12.3 Å². The first kappa shape index (κ1) is 17.4. The van der Waals surface area contributed by atoms with Crippen molar-refractivity contribution in [2.45, 2.75) is 46.1 Å². The molecule has 0 aliphatic carbocycles. The van der Waals surface area contributed by atoms with Crippen LogP contribution in [0.5, 0.6) is 0 Å². The number of anilines is 1. The van der Waals surface area contributed by atoms with E-state index < -0.39 is 12.1 Å². The molecule has 0 aromatic carbocycles. The zero-order valence-corrected chi connectivity index (χ0v) is 13.5. The van der Waals surface area contributed by atoms with Gasteiger partial charge in [-0.15, -0.1) is 11.3 Å². The molecule has 118 valence electrons.